The number of carbonyl (C=O) groups is 3. The highest BCUT2D eigenvalue weighted by Crippen LogP contribution is 2.38. The summed E-state index contributed by atoms with van der Waals surface area (Å²) in [6.07, 6.45) is 2.06. The Morgan fingerprint density at radius 2 is 1.92 bits per heavy atom. The highest BCUT2D eigenvalue weighted by molar-refractivity contribution is 6.32. The molecule has 5 rings (SSSR count). The lowest BCUT2D eigenvalue weighted by molar-refractivity contribution is -0.131. The van der Waals surface area contributed by atoms with Crippen molar-refractivity contribution in [1.29, 1.82) is 0 Å². The minimum atomic E-state index is -0.417. The molecule has 0 saturated carbocycles. The van der Waals surface area contributed by atoms with Crippen LogP contribution in [0.1, 0.15) is 28.8 Å². The fraction of sp³-hybridized carbons (Fsp3) is 0.423. The van der Waals surface area contributed by atoms with Gasteiger partial charge >= 0.3 is 6.03 Å². The van der Waals surface area contributed by atoms with E-state index >= 15 is 0 Å². The second kappa shape index (κ2) is 10.8. The number of anilines is 1. The van der Waals surface area contributed by atoms with E-state index < -0.39 is 5.91 Å². The van der Waals surface area contributed by atoms with Gasteiger partial charge in [-0.2, -0.15) is 0 Å². The average molecular weight is 529 g/mol. The minimum absolute atomic E-state index is 0.0368. The monoisotopic (exact) mass is 528 g/mol. The van der Waals surface area contributed by atoms with Crippen LogP contribution in [0.4, 0.5) is 10.5 Å². The van der Waals surface area contributed by atoms with E-state index in [9.17, 15) is 14.4 Å². The molecule has 2 aromatic carbocycles. The van der Waals surface area contributed by atoms with Gasteiger partial charge in [-0.15, -0.1) is 0 Å². The largest absolute Gasteiger partial charge is 0.497 e. The van der Waals surface area contributed by atoms with Crippen LogP contribution in [0.2, 0.25) is 5.02 Å². The van der Waals surface area contributed by atoms with Gasteiger partial charge in [0, 0.05) is 36.9 Å². The third-order valence-electron chi connectivity index (χ3n) is 6.95. The summed E-state index contributed by atoms with van der Waals surface area (Å²) in [5.41, 5.74) is 2.14. The molecule has 0 unspecified atom stereocenters. The molecule has 3 heterocycles. The number of benzene rings is 2. The number of hydrogen-bond donors (Lipinski definition) is 2. The number of methoxy groups -OCH3 is 1. The summed E-state index contributed by atoms with van der Waals surface area (Å²) in [6, 6.07) is 8.62. The molecule has 0 spiro atoms. The van der Waals surface area contributed by atoms with Crippen LogP contribution in [0, 0.1) is 0 Å². The standard InChI is InChI=1S/C26H29ClN4O6/c1-35-19-2-3-21-16(12-19)4-9-31(26(34)29-21)18-5-7-30(8-6-18)23(32)15-28-25(33)17-13-20(27)24-22(14-17)36-10-11-37-24/h2-3,12-14,18H,4-11,15H2,1H3,(H,28,33)(H,29,34). The maximum absolute atomic E-state index is 12.9. The Bertz CT molecular complexity index is 1210. The van der Waals surface area contributed by atoms with E-state index in [1.165, 1.54) is 6.07 Å². The highest BCUT2D eigenvalue weighted by atomic mass is 35.5. The lowest BCUT2D eigenvalue weighted by Crippen LogP contribution is -2.51. The van der Waals surface area contributed by atoms with Gasteiger partial charge in [-0.1, -0.05) is 11.6 Å². The predicted octanol–water partition coefficient (Wildman–Crippen LogP) is 2.93. The van der Waals surface area contributed by atoms with E-state index in [4.69, 9.17) is 25.8 Å². The van der Waals surface area contributed by atoms with Gasteiger partial charge in [-0.05, 0) is 55.2 Å². The van der Waals surface area contributed by atoms with Gasteiger partial charge < -0.3 is 34.6 Å². The quantitative estimate of drug-likeness (QED) is 0.617. The number of nitrogens with one attached hydrogen (secondary N) is 2. The van der Waals surface area contributed by atoms with Crippen LogP contribution in [0.15, 0.2) is 30.3 Å². The van der Waals surface area contributed by atoms with Gasteiger partial charge in [-0.3, -0.25) is 9.59 Å². The fourth-order valence-corrected chi connectivity index (χ4v) is 5.21. The molecule has 37 heavy (non-hydrogen) atoms. The number of piperidine rings is 1. The summed E-state index contributed by atoms with van der Waals surface area (Å²) in [5.74, 6) is 1.01. The van der Waals surface area contributed by atoms with Gasteiger partial charge in [0.25, 0.3) is 5.91 Å². The molecule has 11 heteroatoms. The van der Waals surface area contributed by atoms with Crippen molar-refractivity contribution in [2.24, 2.45) is 0 Å². The van der Waals surface area contributed by atoms with Crippen molar-refractivity contribution in [2.75, 3.05) is 51.8 Å². The first-order valence-corrected chi connectivity index (χ1v) is 12.7. The first-order valence-electron chi connectivity index (χ1n) is 12.3. The molecule has 0 aliphatic carbocycles. The number of hydrogen-bond acceptors (Lipinski definition) is 6. The fourth-order valence-electron chi connectivity index (χ4n) is 4.94. The Labute approximate surface area is 219 Å². The second-order valence-electron chi connectivity index (χ2n) is 9.17. The number of amides is 4. The molecule has 3 aliphatic heterocycles. The SMILES string of the molecule is COc1ccc2c(c1)CCN(C1CCN(C(=O)CNC(=O)c3cc(Cl)c4c(c3)OCCO4)CC1)C(=O)N2. The number of halogens is 1. The van der Waals surface area contributed by atoms with Gasteiger partial charge in [-0.25, -0.2) is 4.79 Å². The molecule has 1 saturated heterocycles. The van der Waals surface area contributed by atoms with Crippen LogP contribution in [0.3, 0.4) is 0 Å². The van der Waals surface area contributed by atoms with E-state index in [1.807, 2.05) is 23.1 Å². The van der Waals surface area contributed by atoms with Crippen LogP contribution in [0.25, 0.3) is 0 Å². The topological polar surface area (TPSA) is 109 Å². The number of nitrogens with zero attached hydrogens (tertiary/aromatic N) is 2. The van der Waals surface area contributed by atoms with Crippen molar-refractivity contribution in [2.45, 2.75) is 25.3 Å². The number of likely N-dealkylation sites (tertiary alicyclic amines) is 1. The van der Waals surface area contributed by atoms with Crippen molar-refractivity contribution in [1.82, 2.24) is 15.1 Å². The zero-order chi connectivity index (χ0) is 25.9. The van der Waals surface area contributed by atoms with E-state index in [0.29, 0.717) is 62.8 Å². The van der Waals surface area contributed by atoms with Gasteiger partial charge in [0.05, 0.1) is 18.7 Å². The van der Waals surface area contributed by atoms with Crippen LogP contribution in [0.5, 0.6) is 17.2 Å². The lowest BCUT2D eigenvalue weighted by Gasteiger charge is -2.38. The Hall–Kier alpha value is -3.66. The van der Waals surface area contributed by atoms with Crippen molar-refractivity contribution in [3.8, 4) is 17.2 Å². The minimum Gasteiger partial charge on any atom is -0.497 e. The van der Waals surface area contributed by atoms with Gasteiger partial charge in [0.2, 0.25) is 5.91 Å². The third kappa shape index (κ3) is 5.39. The normalized spacial score (nSPS) is 17.4. The molecule has 1 fully saturated rings. The number of fused-ring (bicyclic) bond motifs is 2. The smallest absolute Gasteiger partial charge is 0.322 e. The summed E-state index contributed by atoms with van der Waals surface area (Å²) < 4.78 is 16.3. The summed E-state index contributed by atoms with van der Waals surface area (Å²) in [4.78, 5) is 41.9. The second-order valence-corrected chi connectivity index (χ2v) is 9.58. The van der Waals surface area contributed by atoms with Crippen LogP contribution in [-0.2, 0) is 11.2 Å². The summed E-state index contributed by atoms with van der Waals surface area (Å²) >= 11 is 6.22. The van der Waals surface area contributed by atoms with Crippen LogP contribution in [-0.4, -0.2) is 80.2 Å². The molecule has 0 radical (unpaired) electrons. The van der Waals surface area contributed by atoms with Gasteiger partial charge in [0.15, 0.2) is 11.5 Å². The molecule has 0 aromatic heterocycles. The van der Waals surface area contributed by atoms with Crippen molar-refractivity contribution in [3.05, 3.63) is 46.5 Å². The van der Waals surface area contributed by atoms with Crippen LogP contribution < -0.4 is 24.8 Å². The number of ether oxygens (including phenoxy) is 3. The van der Waals surface area contributed by atoms with Crippen molar-refractivity contribution < 1.29 is 28.6 Å². The van der Waals surface area contributed by atoms with Crippen LogP contribution >= 0.6 is 11.6 Å². The molecular weight excluding hydrogens is 500 g/mol. The maximum Gasteiger partial charge on any atom is 0.322 e. The maximum atomic E-state index is 12.9. The Morgan fingerprint density at radius 1 is 1.14 bits per heavy atom. The molecule has 196 valence electrons. The lowest BCUT2D eigenvalue weighted by atomic mass is 10.0. The molecule has 0 bridgehead atoms. The molecule has 4 amide bonds. The zero-order valence-electron chi connectivity index (χ0n) is 20.5. The summed E-state index contributed by atoms with van der Waals surface area (Å²) in [6.45, 7) is 2.27. The van der Waals surface area contributed by atoms with Gasteiger partial charge in [0.1, 0.15) is 19.0 Å². The highest BCUT2D eigenvalue weighted by Gasteiger charge is 2.31. The molecule has 10 nitrogen and oxygen atoms in total. The summed E-state index contributed by atoms with van der Waals surface area (Å²) in [5, 5.41) is 5.96. The van der Waals surface area contributed by atoms with E-state index in [0.717, 1.165) is 23.4 Å². The average Bonchev–Trinajstić information content (AvgIpc) is 3.09. The molecule has 2 aromatic rings. The molecule has 0 atom stereocenters. The number of carbonyl (C=O) groups excluding carboxylic acids is 3. The van der Waals surface area contributed by atoms with E-state index in [1.54, 1.807) is 18.1 Å². The summed E-state index contributed by atoms with van der Waals surface area (Å²) in [7, 11) is 1.62. The third-order valence-corrected chi connectivity index (χ3v) is 7.23. The zero-order valence-corrected chi connectivity index (χ0v) is 21.3. The Morgan fingerprint density at radius 3 is 2.70 bits per heavy atom. The number of rotatable bonds is 5. The van der Waals surface area contributed by atoms with E-state index in [-0.39, 0.29) is 29.5 Å². The number of urea groups is 1. The molecule has 2 N–H and O–H groups in total. The van der Waals surface area contributed by atoms with Crippen molar-refractivity contribution in [3.63, 3.8) is 0 Å². The molecular formula is C26H29ClN4O6. The van der Waals surface area contributed by atoms with Crippen molar-refractivity contribution >= 4 is 35.1 Å². The van der Waals surface area contributed by atoms with E-state index in [2.05, 4.69) is 10.6 Å². The predicted molar refractivity (Wildman–Crippen MR) is 137 cm³/mol. The Kier molecular flexibility index (Phi) is 7.27. The molecule has 3 aliphatic rings. The Balaban J connectivity index is 1.12. The first kappa shape index (κ1) is 25.0. The first-order chi connectivity index (χ1) is 17.9.